The lowest BCUT2D eigenvalue weighted by Gasteiger charge is -2.11. The molecule has 0 aliphatic rings. The number of carbonyl (C=O) groups is 1. The van der Waals surface area contributed by atoms with Gasteiger partial charge in [0.1, 0.15) is 5.65 Å². The van der Waals surface area contributed by atoms with Crippen LogP contribution in [-0.4, -0.2) is 27.0 Å². The molecule has 2 rings (SSSR count). The summed E-state index contributed by atoms with van der Waals surface area (Å²) in [5.74, 6) is -1.05. The molecule has 0 aliphatic carbocycles. The molecule has 0 aliphatic heterocycles. The van der Waals surface area contributed by atoms with Crippen molar-refractivity contribution < 1.29 is 9.90 Å². The van der Waals surface area contributed by atoms with Gasteiger partial charge in [-0.2, -0.15) is 0 Å². The summed E-state index contributed by atoms with van der Waals surface area (Å²) in [6.07, 6.45) is 3.58. The van der Waals surface area contributed by atoms with E-state index in [1.165, 1.54) is 0 Å². The molecular weight excluding hydrogens is 206 g/mol. The van der Waals surface area contributed by atoms with Crippen molar-refractivity contribution in [2.45, 2.75) is 12.3 Å². The van der Waals surface area contributed by atoms with E-state index in [4.69, 9.17) is 10.8 Å². The average Bonchev–Trinajstić information content (AvgIpc) is 2.69. The molecule has 0 radical (unpaired) electrons. The molecule has 0 aromatic carbocycles. The molecular formula is C11H13N3O2. The maximum atomic E-state index is 10.7. The van der Waals surface area contributed by atoms with Crippen LogP contribution in [0.1, 0.15) is 18.0 Å². The minimum absolute atomic E-state index is 0.0270. The van der Waals surface area contributed by atoms with Crippen LogP contribution in [0, 0.1) is 0 Å². The van der Waals surface area contributed by atoms with Gasteiger partial charge in [-0.05, 0) is 12.1 Å². The Morgan fingerprint density at radius 3 is 3.06 bits per heavy atom. The maximum Gasteiger partial charge on any atom is 0.304 e. The Morgan fingerprint density at radius 1 is 1.56 bits per heavy atom. The molecule has 16 heavy (non-hydrogen) atoms. The normalized spacial score (nSPS) is 12.8. The van der Waals surface area contributed by atoms with Gasteiger partial charge in [0.2, 0.25) is 0 Å². The molecule has 1 atom stereocenters. The van der Waals surface area contributed by atoms with Crippen LogP contribution < -0.4 is 5.73 Å². The number of aromatic nitrogens is 2. The monoisotopic (exact) mass is 219 g/mol. The molecule has 0 fully saturated rings. The Balaban J connectivity index is 2.41. The zero-order chi connectivity index (χ0) is 11.5. The largest absolute Gasteiger partial charge is 0.481 e. The van der Waals surface area contributed by atoms with Crippen molar-refractivity contribution in [2.24, 2.45) is 5.73 Å². The molecule has 0 amide bonds. The van der Waals surface area contributed by atoms with Gasteiger partial charge >= 0.3 is 5.97 Å². The van der Waals surface area contributed by atoms with Gasteiger partial charge in [-0.1, -0.05) is 6.07 Å². The second-order valence-corrected chi connectivity index (χ2v) is 3.64. The fraction of sp³-hybridized carbons (Fsp3) is 0.273. The molecule has 0 saturated heterocycles. The summed E-state index contributed by atoms with van der Waals surface area (Å²) >= 11 is 0. The molecule has 1 unspecified atom stereocenters. The highest BCUT2D eigenvalue weighted by Crippen LogP contribution is 2.19. The Hall–Kier alpha value is -1.88. The lowest BCUT2D eigenvalue weighted by molar-refractivity contribution is -0.137. The van der Waals surface area contributed by atoms with E-state index in [1.807, 2.05) is 28.8 Å². The topological polar surface area (TPSA) is 80.6 Å². The second kappa shape index (κ2) is 4.32. The third-order valence-electron chi connectivity index (χ3n) is 2.57. The number of imidazole rings is 1. The van der Waals surface area contributed by atoms with Crippen LogP contribution in [0.15, 0.2) is 30.6 Å². The molecule has 0 spiro atoms. The number of carboxylic acid groups (broad SMARTS) is 1. The van der Waals surface area contributed by atoms with Gasteiger partial charge in [0.15, 0.2) is 0 Å². The van der Waals surface area contributed by atoms with E-state index in [0.29, 0.717) is 6.54 Å². The van der Waals surface area contributed by atoms with Crippen molar-refractivity contribution in [3.05, 3.63) is 36.3 Å². The van der Waals surface area contributed by atoms with Crippen molar-refractivity contribution in [3.63, 3.8) is 0 Å². The summed E-state index contributed by atoms with van der Waals surface area (Å²) in [4.78, 5) is 14.9. The minimum Gasteiger partial charge on any atom is -0.481 e. The van der Waals surface area contributed by atoms with E-state index in [1.54, 1.807) is 6.20 Å². The third-order valence-corrected chi connectivity index (χ3v) is 2.57. The van der Waals surface area contributed by atoms with Crippen LogP contribution in [0.5, 0.6) is 0 Å². The zero-order valence-corrected chi connectivity index (χ0v) is 8.71. The highest BCUT2D eigenvalue weighted by molar-refractivity contribution is 5.68. The smallest absolute Gasteiger partial charge is 0.304 e. The fourth-order valence-corrected chi connectivity index (χ4v) is 1.77. The number of hydrogen-bond acceptors (Lipinski definition) is 3. The average molecular weight is 219 g/mol. The maximum absolute atomic E-state index is 10.7. The van der Waals surface area contributed by atoms with Gasteiger partial charge in [0.05, 0.1) is 6.42 Å². The Labute approximate surface area is 92.5 Å². The van der Waals surface area contributed by atoms with Crippen LogP contribution in [0.4, 0.5) is 0 Å². The molecule has 3 N–H and O–H groups in total. The quantitative estimate of drug-likeness (QED) is 0.798. The van der Waals surface area contributed by atoms with Gasteiger partial charge in [-0.25, -0.2) is 4.98 Å². The number of hydrogen-bond donors (Lipinski definition) is 2. The van der Waals surface area contributed by atoms with Gasteiger partial charge < -0.3 is 15.2 Å². The highest BCUT2D eigenvalue weighted by Gasteiger charge is 2.17. The summed E-state index contributed by atoms with van der Waals surface area (Å²) in [5, 5.41) is 8.80. The summed E-state index contributed by atoms with van der Waals surface area (Å²) in [6.45, 7) is 0.301. The predicted octanol–water partition coefficient (Wildman–Crippen LogP) is 0.851. The van der Waals surface area contributed by atoms with Gasteiger partial charge in [-0.15, -0.1) is 0 Å². The molecule has 2 aromatic rings. The van der Waals surface area contributed by atoms with Crippen molar-refractivity contribution in [1.82, 2.24) is 9.38 Å². The number of fused-ring (bicyclic) bond motifs is 1. The van der Waals surface area contributed by atoms with E-state index in [9.17, 15) is 4.79 Å². The van der Waals surface area contributed by atoms with Crippen LogP contribution in [0.25, 0.3) is 5.65 Å². The van der Waals surface area contributed by atoms with Gasteiger partial charge in [0, 0.05) is 30.6 Å². The molecule has 5 heteroatoms. The van der Waals surface area contributed by atoms with Crippen LogP contribution in [-0.2, 0) is 4.79 Å². The minimum atomic E-state index is -0.846. The summed E-state index contributed by atoms with van der Waals surface area (Å²) < 4.78 is 1.88. The molecule has 0 saturated carbocycles. The van der Waals surface area contributed by atoms with E-state index < -0.39 is 5.97 Å². The lowest BCUT2D eigenvalue weighted by atomic mass is 10.0. The zero-order valence-electron chi connectivity index (χ0n) is 8.71. The van der Waals surface area contributed by atoms with Crippen molar-refractivity contribution >= 4 is 11.6 Å². The molecule has 2 heterocycles. The van der Waals surface area contributed by atoms with E-state index in [-0.39, 0.29) is 12.3 Å². The van der Waals surface area contributed by atoms with Crippen LogP contribution in [0.3, 0.4) is 0 Å². The first-order valence-electron chi connectivity index (χ1n) is 5.06. The fourth-order valence-electron chi connectivity index (χ4n) is 1.77. The predicted molar refractivity (Wildman–Crippen MR) is 59.2 cm³/mol. The Morgan fingerprint density at radius 2 is 2.38 bits per heavy atom. The van der Waals surface area contributed by atoms with Crippen molar-refractivity contribution in [1.29, 1.82) is 0 Å². The number of carboxylic acids is 1. The van der Waals surface area contributed by atoms with Crippen LogP contribution >= 0.6 is 0 Å². The van der Waals surface area contributed by atoms with Crippen molar-refractivity contribution in [3.8, 4) is 0 Å². The van der Waals surface area contributed by atoms with Crippen LogP contribution in [0.2, 0.25) is 0 Å². The number of rotatable bonds is 4. The number of nitrogens with two attached hydrogens (primary N) is 1. The highest BCUT2D eigenvalue weighted by atomic mass is 16.4. The first-order valence-corrected chi connectivity index (χ1v) is 5.06. The number of aliphatic carboxylic acids is 1. The molecule has 84 valence electrons. The Bertz CT molecular complexity index is 507. The summed E-state index contributed by atoms with van der Waals surface area (Å²) in [7, 11) is 0. The number of pyridine rings is 1. The Kier molecular flexibility index (Phi) is 2.87. The van der Waals surface area contributed by atoms with E-state index in [2.05, 4.69) is 4.98 Å². The summed E-state index contributed by atoms with van der Waals surface area (Å²) in [6, 6.07) is 5.64. The van der Waals surface area contributed by atoms with Gasteiger partial charge in [0.25, 0.3) is 0 Å². The van der Waals surface area contributed by atoms with E-state index in [0.717, 1.165) is 11.3 Å². The second-order valence-electron chi connectivity index (χ2n) is 3.64. The molecule has 5 nitrogen and oxygen atoms in total. The SMILES string of the molecule is NCC(CC(=O)O)c1cnc2ccccn12. The standard InChI is InChI=1S/C11H13N3O2/c12-6-8(5-11(15)16)9-7-13-10-3-1-2-4-14(9)10/h1-4,7-8H,5-6,12H2,(H,15,16). The first-order chi connectivity index (χ1) is 7.72. The van der Waals surface area contributed by atoms with Gasteiger partial charge in [-0.3, -0.25) is 4.79 Å². The van der Waals surface area contributed by atoms with E-state index >= 15 is 0 Å². The molecule has 2 aromatic heterocycles. The number of nitrogens with zero attached hydrogens (tertiary/aromatic N) is 2. The summed E-state index contributed by atoms with van der Waals surface area (Å²) in [5.41, 5.74) is 7.25. The molecule has 0 bridgehead atoms. The third kappa shape index (κ3) is 1.90. The first kappa shape index (κ1) is 10.6. The lowest BCUT2D eigenvalue weighted by Crippen LogP contribution is -2.17. The van der Waals surface area contributed by atoms with Crippen molar-refractivity contribution in [2.75, 3.05) is 6.54 Å².